The van der Waals surface area contributed by atoms with E-state index in [0.29, 0.717) is 4.88 Å². The number of carbonyl (C=O) groups is 1. The lowest BCUT2D eigenvalue weighted by Gasteiger charge is -2.45. The molecule has 25 heavy (non-hydrogen) atoms. The minimum atomic E-state index is -5.11. The first-order valence-corrected chi connectivity index (χ1v) is 8.53. The van der Waals surface area contributed by atoms with Crippen molar-refractivity contribution in [1.29, 1.82) is 0 Å². The van der Waals surface area contributed by atoms with Crippen molar-refractivity contribution in [2.75, 3.05) is 0 Å². The van der Waals surface area contributed by atoms with Crippen molar-refractivity contribution in [2.45, 2.75) is 17.9 Å². The van der Waals surface area contributed by atoms with E-state index in [1.165, 1.54) is 23.5 Å². The third-order valence-corrected chi connectivity index (χ3v) is 5.17. The largest absolute Gasteiger partial charge is 0.437 e. The summed E-state index contributed by atoms with van der Waals surface area (Å²) < 4.78 is 41.1. The van der Waals surface area contributed by atoms with Crippen LogP contribution >= 0.6 is 23.6 Å². The Labute approximate surface area is 150 Å². The van der Waals surface area contributed by atoms with Gasteiger partial charge in [-0.2, -0.15) is 13.2 Å². The van der Waals surface area contributed by atoms with Gasteiger partial charge in [0.2, 0.25) is 5.72 Å². The summed E-state index contributed by atoms with van der Waals surface area (Å²) in [5.41, 5.74) is -3.40. The standard InChI is InChI=1S/C16H13F3N2O2S2/c17-16(18,19)15(23)11(13(22)9-5-2-1-3-6-9)12(20-14(24)21-15)10-7-4-8-25-10/h1-8,11-12,23H,(H2,20,21,24)/t11-,12-,15+/m0/s1. The maximum Gasteiger partial charge on any atom is 0.437 e. The van der Waals surface area contributed by atoms with E-state index in [1.54, 1.807) is 35.7 Å². The van der Waals surface area contributed by atoms with Gasteiger partial charge in [-0.05, 0) is 23.7 Å². The highest BCUT2D eigenvalue weighted by atomic mass is 32.1. The Morgan fingerprint density at radius 3 is 2.44 bits per heavy atom. The monoisotopic (exact) mass is 386 g/mol. The first-order chi connectivity index (χ1) is 11.7. The summed E-state index contributed by atoms with van der Waals surface area (Å²) in [7, 11) is 0. The zero-order valence-electron chi connectivity index (χ0n) is 12.6. The zero-order valence-corrected chi connectivity index (χ0v) is 14.2. The van der Waals surface area contributed by atoms with Crippen LogP contribution in [0.2, 0.25) is 0 Å². The van der Waals surface area contributed by atoms with Gasteiger partial charge in [0.25, 0.3) is 0 Å². The summed E-state index contributed by atoms with van der Waals surface area (Å²) in [5.74, 6) is -2.68. The minimum absolute atomic E-state index is 0.0770. The molecule has 2 aromatic rings. The second kappa shape index (κ2) is 6.40. The fraction of sp³-hybridized carbons (Fsp3) is 0.250. The normalized spacial score (nSPS) is 26.6. The van der Waals surface area contributed by atoms with Gasteiger partial charge < -0.3 is 15.7 Å². The highest BCUT2D eigenvalue weighted by Crippen LogP contribution is 2.44. The average Bonchev–Trinajstić information content (AvgIpc) is 3.08. The van der Waals surface area contributed by atoms with Crippen LogP contribution in [0.5, 0.6) is 0 Å². The van der Waals surface area contributed by atoms with Crippen LogP contribution in [0.1, 0.15) is 21.3 Å². The Morgan fingerprint density at radius 2 is 1.88 bits per heavy atom. The van der Waals surface area contributed by atoms with E-state index in [9.17, 15) is 23.1 Å². The average molecular weight is 386 g/mol. The van der Waals surface area contributed by atoms with E-state index in [1.807, 2.05) is 5.32 Å². The number of alkyl halides is 3. The van der Waals surface area contributed by atoms with E-state index >= 15 is 0 Å². The number of rotatable bonds is 3. The molecule has 1 aromatic carbocycles. The van der Waals surface area contributed by atoms with Crippen LogP contribution < -0.4 is 10.6 Å². The Bertz CT molecular complexity index is 780. The molecule has 132 valence electrons. The molecular weight excluding hydrogens is 373 g/mol. The van der Waals surface area contributed by atoms with Gasteiger partial charge in [0.1, 0.15) is 5.92 Å². The molecule has 0 bridgehead atoms. The molecule has 1 saturated heterocycles. The van der Waals surface area contributed by atoms with Gasteiger partial charge in [-0.25, -0.2) is 0 Å². The molecule has 0 saturated carbocycles. The first-order valence-electron chi connectivity index (χ1n) is 7.24. The predicted octanol–water partition coefficient (Wildman–Crippen LogP) is 3.02. The minimum Gasteiger partial charge on any atom is -0.363 e. The number of thiophene rings is 1. The molecule has 3 N–H and O–H groups in total. The number of aliphatic hydroxyl groups is 1. The Kier molecular flexibility index (Phi) is 4.56. The highest BCUT2D eigenvalue weighted by molar-refractivity contribution is 7.80. The van der Waals surface area contributed by atoms with Gasteiger partial charge in [0, 0.05) is 10.4 Å². The van der Waals surface area contributed by atoms with Crippen LogP contribution in [0.3, 0.4) is 0 Å². The molecule has 3 rings (SSSR count). The lowest BCUT2D eigenvalue weighted by atomic mass is 9.79. The summed E-state index contributed by atoms with van der Waals surface area (Å²) in [5, 5.41) is 16.3. The van der Waals surface area contributed by atoms with Gasteiger partial charge in [-0.3, -0.25) is 4.79 Å². The molecule has 4 nitrogen and oxygen atoms in total. The van der Waals surface area contributed by atoms with E-state index in [0.717, 1.165) is 0 Å². The van der Waals surface area contributed by atoms with Crippen molar-refractivity contribution < 1.29 is 23.1 Å². The highest BCUT2D eigenvalue weighted by Gasteiger charge is 2.65. The number of carbonyl (C=O) groups excluding carboxylic acids is 1. The molecule has 9 heteroatoms. The van der Waals surface area contributed by atoms with Crippen LogP contribution in [0, 0.1) is 5.92 Å². The van der Waals surface area contributed by atoms with Crippen molar-refractivity contribution in [3.8, 4) is 0 Å². The van der Waals surface area contributed by atoms with Crippen molar-refractivity contribution >= 4 is 34.5 Å². The molecule has 0 amide bonds. The van der Waals surface area contributed by atoms with Crippen LogP contribution in [-0.4, -0.2) is 27.9 Å². The van der Waals surface area contributed by atoms with Gasteiger partial charge in [0.15, 0.2) is 10.9 Å². The second-order valence-corrected chi connectivity index (χ2v) is 6.95. The summed E-state index contributed by atoms with van der Waals surface area (Å²) in [6.07, 6.45) is -5.11. The molecule has 0 spiro atoms. The lowest BCUT2D eigenvalue weighted by molar-refractivity contribution is -0.285. The quantitative estimate of drug-likeness (QED) is 0.559. The zero-order chi connectivity index (χ0) is 18.2. The van der Waals surface area contributed by atoms with Crippen LogP contribution in [-0.2, 0) is 0 Å². The van der Waals surface area contributed by atoms with E-state index < -0.39 is 29.6 Å². The number of Topliss-reactive ketones (excluding diaryl/α,β-unsaturated/α-hetero) is 1. The molecule has 1 aliphatic rings. The molecule has 0 radical (unpaired) electrons. The van der Waals surface area contributed by atoms with E-state index in [4.69, 9.17) is 12.2 Å². The Hall–Kier alpha value is -1.97. The maximum atomic E-state index is 13.7. The Morgan fingerprint density at radius 1 is 1.20 bits per heavy atom. The topological polar surface area (TPSA) is 61.4 Å². The van der Waals surface area contributed by atoms with Crippen molar-refractivity contribution in [3.63, 3.8) is 0 Å². The molecule has 1 aromatic heterocycles. The molecule has 2 heterocycles. The Balaban J connectivity index is 2.14. The molecule has 0 aliphatic carbocycles. The molecular formula is C16H13F3N2O2S2. The number of hydrogen-bond acceptors (Lipinski definition) is 4. The van der Waals surface area contributed by atoms with Crippen LogP contribution in [0.15, 0.2) is 47.8 Å². The molecule has 1 aliphatic heterocycles. The predicted molar refractivity (Wildman–Crippen MR) is 91.2 cm³/mol. The number of nitrogens with one attached hydrogen (secondary N) is 2. The fourth-order valence-corrected chi connectivity index (χ4v) is 3.92. The van der Waals surface area contributed by atoms with Gasteiger partial charge >= 0.3 is 6.18 Å². The van der Waals surface area contributed by atoms with E-state index in [-0.39, 0.29) is 10.7 Å². The molecule has 1 fully saturated rings. The SMILES string of the molecule is O=C(c1ccccc1)[C@@H]1[C@H](c2cccs2)NC(=S)N[C@]1(O)C(F)(F)F. The third kappa shape index (κ3) is 3.14. The smallest absolute Gasteiger partial charge is 0.363 e. The molecule has 3 atom stereocenters. The number of hydrogen-bond donors (Lipinski definition) is 3. The third-order valence-electron chi connectivity index (χ3n) is 4.00. The van der Waals surface area contributed by atoms with E-state index in [2.05, 4.69) is 5.32 Å². The van der Waals surface area contributed by atoms with Crippen molar-refractivity contribution in [2.24, 2.45) is 5.92 Å². The fourth-order valence-electron chi connectivity index (χ4n) is 2.83. The maximum absolute atomic E-state index is 13.7. The molecule has 0 unspecified atom stereocenters. The number of thiocarbonyl (C=S) groups is 1. The number of ketones is 1. The van der Waals surface area contributed by atoms with Crippen LogP contribution in [0.4, 0.5) is 13.2 Å². The summed E-state index contributed by atoms with van der Waals surface area (Å²) in [4.78, 5) is 13.4. The van der Waals surface area contributed by atoms with Gasteiger partial charge in [-0.15, -0.1) is 11.3 Å². The second-order valence-electron chi connectivity index (χ2n) is 5.56. The number of halogens is 3. The van der Waals surface area contributed by atoms with Gasteiger partial charge in [-0.1, -0.05) is 36.4 Å². The number of benzene rings is 1. The summed E-state index contributed by atoms with van der Waals surface area (Å²) in [6, 6.07) is 9.73. The van der Waals surface area contributed by atoms with Crippen molar-refractivity contribution in [1.82, 2.24) is 10.6 Å². The van der Waals surface area contributed by atoms with Crippen LogP contribution in [0.25, 0.3) is 0 Å². The van der Waals surface area contributed by atoms with Crippen molar-refractivity contribution in [3.05, 3.63) is 58.3 Å². The summed E-state index contributed by atoms with van der Waals surface area (Å²) >= 11 is 6.02. The van der Waals surface area contributed by atoms with Gasteiger partial charge in [0.05, 0.1) is 6.04 Å². The first kappa shape index (κ1) is 17.8. The summed E-state index contributed by atoms with van der Waals surface area (Å²) in [6.45, 7) is 0. The lowest BCUT2D eigenvalue weighted by Crippen LogP contribution is -2.72.